The van der Waals surface area contributed by atoms with Crippen molar-refractivity contribution in [2.45, 2.75) is 68.8 Å². The normalized spacial score (nSPS) is 19.4. The SMILES string of the molecule is CCOC(=O)c1ccc(N2C(=O)CC(N(C3CCCCCC3)S(=O)(=O)c3cc(Cl)ccc3Cl)C2=O)cc1. The number of amides is 2. The predicted octanol–water partition coefficient (Wildman–Crippen LogP) is 5.22. The molecule has 2 amide bonds. The molecular weight excluding hydrogens is 539 g/mol. The Morgan fingerprint density at radius 1 is 1.03 bits per heavy atom. The number of nitrogens with zero attached hydrogens (tertiary/aromatic N) is 2. The zero-order valence-corrected chi connectivity index (χ0v) is 22.7. The van der Waals surface area contributed by atoms with Gasteiger partial charge in [0.25, 0.3) is 5.91 Å². The van der Waals surface area contributed by atoms with Gasteiger partial charge in [-0.15, -0.1) is 0 Å². The monoisotopic (exact) mass is 566 g/mol. The van der Waals surface area contributed by atoms with Gasteiger partial charge in [0.15, 0.2) is 0 Å². The van der Waals surface area contributed by atoms with E-state index in [1.165, 1.54) is 46.8 Å². The van der Waals surface area contributed by atoms with Gasteiger partial charge in [-0.1, -0.05) is 48.9 Å². The molecule has 0 N–H and O–H groups in total. The molecule has 8 nitrogen and oxygen atoms in total. The van der Waals surface area contributed by atoms with Crippen molar-refractivity contribution in [3.8, 4) is 0 Å². The summed E-state index contributed by atoms with van der Waals surface area (Å²) in [6, 6.07) is 8.36. The predicted molar refractivity (Wildman–Crippen MR) is 140 cm³/mol. The number of imide groups is 1. The number of halogens is 2. The van der Waals surface area contributed by atoms with Gasteiger partial charge in [0, 0.05) is 11.1 Å². The van der Waals surface area contributed by atoms with E-state index < -0.39 is 39.9 Å². The third-order valence-corrected chi connectivity index (χ3v) is 9.38. The standard InChI is InChI=1S/C26H28Cl2N2O6S/c1-2-36-26(33)17-9-12-19(13-10-17)29-24(31)16-22(25(29)32)30(20-7-5-3-4-6-8-20)37(34,35)23-15-18(27)11-14-21(23)28/h9-15,20,22H,2-8,16H2,1H3. The van der Waals surface area contributed by atoms with Crippen LogP contribution in [0.2, 0.25) is 10.0 Å². The summed E-state index contributed by atoms with van der Waals surface area (Å²) < 4.78 is 34.2. The Labute approximate surface area is 226 Å². The van der Waals surface area contributed by atoms with Crippen molar-refractivity contribution in [1.29, 1.82) is 0 Å². The summed E-state index contributed by atoms with van der Waals surface area (Å²) in [4.78, 5) is 39.6. The lowest BCUT2D eigenvalue weighted by Crippen LogP contribution is -2.50. The highest BCUT2D eigenvalue weighted by Crippen LogP contribution is 2.37. The minimum Gasteiger partial charge on any atom is -0.462 e. The number of ether oxygens (including phenoxy) is 1. The molecule has 1 atom stereocenters. The average molecular weight is 567 g/mol. The van der Waals surface area contributed by atoms with Gasteiger partial charge in [0.05, 0.1) is 29.3 Å². The molecule has 4 rings (SSSR count). The van der Waals surface area contributed by atoms with E-state index in [0.29, 0.717) is 12.8 Å². The van der Waals surface area contributed by atoms with Crippen LogP contribution < -0.4 is 4.90 Å². The lowest BCUT2D eigenvalue weighted by Gasteiger charge is -2.34. The molecule has 0 radical (unpaired) electrons. The molecule has 1 unspecified atom stereocenters. The first-order valence-corrected chi connectivity index (χ1v) is 14.5. The van der Waals surface area contributed by atoms with E-state index in [0.717, 1.165) is 30.6 Å². The molecule has 0 aromatic heterocycles. The zero-order chi connectivity index (χ0) is 26.7. The van der Waals surface area contributed by atoms with Gasteiger partial charge in [0.2, 0.25) is 15.9 Å². The quantitative estimate of drug-likeness (QED) is 0.259. The fourth-order valence-corrected chi connectivity index (χ4v) is 7.53. The van der Waals surface area contributed by atoms with E-state index in [4.69, 9.17) is 27.9 Å². The van der Waals surface area contributed by atoms with Gasteiger partial charge in [0.1, 0.15) is 10.9 Å². The molecule has 198 valence electrons. The summed E-state index contributed by atoms with van der Waals surface area (Å²) >= 11 is 12.4. The van der Waals surface area contributed by atoms with Crippen molar-refractivity contribution in [3.05, 3.63) is 58.1 Å². The summed E-state index contributed by atoms with van der Waals surface area (Å²) in [5.74, 6) is -1.68. The molecule has 1 heterocycles. The number of anilines is 1. The number of carbonyl (C=O) groups excluding carboxylic acids is 3. The molecule has 2 aromatic rings. The first kappa shape index (κ1) is 27.6. The second-order valence-corrected chi connectivity index (χ2v) is 11.8. The van der Waals surface area contributed by atoms with E-state index in [1.54, 1.807) is 6.92 Å². The molecule has 2 fully saturated rings. The van der Waals surface area contributed by atoms with Crippen molar-refractivity contribution < 1.29 is 27.5 Å². The van der Waals surface area contributed by atoms with E-state index >= 15 is 0 Å². The van der Waals surface area contributed by atoms with Crippen LogP contribution in [0.15, 0.2) is 47.4 Å². The van der Waals surface area contributed by atoms with Crippen molar-refractivity contribution >= 4 is 56.7 Å². The maximum Gasteiger partial charge on any atom is 0.338 e. The average Bonchev–Trinajstić information content (AvgIpc) is 3.02. The van der Waals surface area contributed by atoms with Gasteiger partial charge >= 0.3 is 5.97 Å². The Hall–Kier alpha value is -2.46. The lowest BCUT2D eigenvalue weighted by atomic mass is 10.1. The van der Waals surface area contributed by atoms with E-state index in [9.17, 15) is 22.8 Å². The second kappa shape index (κ2) is 11.5. The molecule has 11 heteroatoms. The summed E-state index contributed by atoms with van der Waals surface area (Å²) in [5, 5.41) is 0.187. The van der Waals surface area contributed by atoms with Crippen LogP contribution in [0.4, 0.5) is 5.69 Å². The Morgan fingerprint density at radius 2 is 1.68 bits per heavy atom. The van der Waals surface area contributed by atoms with Gasteiger partial charge in [-0.05, 0) is 62.2 Å². The molecule has 1 saturated heterocycles. The van der Waals surface area contributed by atoms with Crippen LogP contribution in [0.3, 0.4) is 0 Å². The van der Waals surface area contributed by atoms with Gasteiger partial charge < -0.3 is 4.74 Å². The number of benzene rings is 2. The number of sulfonamides is 1. The van der Waals surface area contributed by atoms with E-state index in [1.807, 2.05) is 0 Å². The highest BCUT2D eigenvalue weighted by Gasteiger charge is 2.49. The molecule has 1 aliphatic carbocycles. The molecule has 0 spiro atoms. The van der Waals surface area contributed by atoms with Crippen LogP contribution in [-0.4, -0.2) is 49.2 Å². The third-order valence-electron chi connectivity index (χ3n) is 6.70. The number of carbonyl (C=O) groups is 3. The van der Waals surface area contributed by atoms with Crippen LogP contribution in [-0.2, 0) is 24.3 Å². The number of esters is 1. The van der Waals surface area contributed by atoms with Crippen LogP contribution in [0.25, 0.3) is 0 Å². The lowest BCUT2D eigenvalue weighted by molar-refractivity contribution is -0.122. The number of hydrogen-bond donors (Lipinski definition) is 0. The first-order valence-electron chi connectivity index (χ1n) is 12.3. The Kier molecular flexibility index (Phi) is 8.58. The topological polar surface area (TPSA) is 101 Å². The van der Waals surface area contributed by atoms with E-state index in [2.05, 4.69) is 0 Å². The van der Waals surface area contributed by atoms with Crippen LogP contribution >= 0.6 is 23.2 Å². The van der Waals surface area contributed by atoms with Crippen molar-refractivity contribution in [1.82, 2.24) is 4.31 Å². The fraction of sp³-hybridized carbons (Fsp3) is 0.423. The highest BCUT2D eigenvalue weighted by atomic mass is 35.5. The van der Waals surface area contributed by atoms with Crippen molar-refractivity contribution in [2.75, 3.05) is 11.5 Å². The summed E-state index contributed by atoms with van der Waals surface area (Å²) in [5.41, 5.74) is 0.532. The molecule has 1 aliphatic heterocycles. The summed E-state index contributed by atoms with van der Waals surface area (Å²) in [7, 11) is -4.28. The fourth-order valence-electron chi connectivity index (χ4n) is 4.97. The minimum absolute atomic E-state index is 0.00814. The third kappa shape index (κ3) is 5.70. The largest absolute Gasteiger partial charge is 0.462 e. The van der Waals surface area contributed by atoms with Gasteiger partial charge in [-0.3, -0.25) is 9.59 Å². The van der Waals surface area contributed by atoms with E-state index in [-0.39, 0.29) is 39.2 Å². The Balaban J connectivity index is 1.72. The smallest absolute Gasteiger partial charge is 0.338 e. The molecule has 37 heavy (non-hydrogen) atoms. The molecule has 1 saturated carbocycles. The maximum atomic E-state index is 14.0. The summed E-state index contributed by atoms with van der Waals surface area (Å²) in [6.07, 6.45) is 4.42. The molecule has 2 aromatic carbocycles. The molecular formula is C26H28Cl2N2O6S. The first-order chi connectivity index (χ1) is 17.6. The zero-order valence-electron chi connectivity index (χ0n) is 20.4. The highest BCUT2D eigenvalue weighted by molar-refractivity contribution is 7.89. The molecule has 0 bridgehead atoms. The number of hydrogen-bond acceptors (Lipinski definition) is 6. The maximum absolute atomic E-state index is 14.0. The molecule has 2 aliphatic rings. The van der Waals surface area contributed by atoms with Crippen molar-refractivity contribution in [3.63, 3.8) is 0 Å². The van der Waals surface area contributed by atoms with Crippen molar-refractivity contribution in [2.24, 2.45) is 0 Å². The summed E-state index contributed by atoms with van der Waals surface area (Å²) in [6.45, 7) is 1.91. The van der Waals surface area contributed by atoms with Gasteiger partial charge in [-0.2, -0.15) is 4.31 Å². The van der Waals surface area contributed by atoms with Crippen LogP contribution in [0, 0.1) is 0 Å². The van der Waals surface area contributed by atoms with Crippen LogP contribution in [0.5, 0.6) is 0 Å². The minimum atomic E-state index is -4.28. The number of rotatable bonds is 7. The Morgan fingerprint density at radius 3 is 2.30 bits per heavy atom. The van der Waals surface area contributed by atoms with Gasteiger partial charge in [-0.25, -0.2) is 18.1 Å². The Bertz CT molecular complexity index is 1290. The van der Waals surface area contributed by atoms with Crippen LogP contribution in [0.1, 0.15) is 62.2 Å². The second-order valence-electron chi connectivity index (χ2n) is 9.11.